The Kier molecular flexibility index (Phi) is 1.85. The lowest BCUT2D eigenvalue weighted by molar-refractivity contribution is 0.595. The number of hydrogen-bond acceptors (Lipinski definition) is 2. The molecule has 0 spiro atoms. The van der Waals surface area contributed by atoms with Crippen molar-refractivity contribution in [3.8, 4) is 0 Å². The predicted octanol–water partition coefficient (Wildman–Crippen LogP) is 1.59. The molecule has 0 N–H and O–H groups in total. The fraction of sp³-hybridized carbons (Fsp3) is 0.111. The summed E-state index contributed by atoms with van der Waals surface area (Å²) in [5, 5.41) is 0.705. The maximum atomic E-state index is 12.9. The molecule has 1 aromatic heterocycles. The van der Waals surface area contributed by atoms with E-state index >= 15 is 0 Å². The van der Waals surface area contributed by atoms with E-state index in [0.29, 0.717) is 10.9 Å². The molecule has 1 aromatic carbocycles. The van der Waals surface area contributed by atoms with Crippen LogP contribution in [0.5, 0.6) is 0 Å². The first kappa shape index (κ1) is 9.21. The molecule has 0 aliphatic rings. The van der Waals surface area contributed by atoms with Crippen LogP contribution >= 0.6 is 0 Å². The Morgan fingerprint density at radius 2 is 2.00 bits per heavy atom. The first-order chi connectivity index (χ1) is 6.48. The quantitative estimate of drug-likeness (QED) is 0.721. The molecular weight excluding hydrogens is 205 g/mol. The summed E-state index contributed by atoms with van der Waals surface area (Å²) in [5.41, 5.74) is 0.368. The van der Waals surface area contributed by atoms with Crippen molar-refractivity contribution in [1.82, 2.24) is 3.97 Å². The number of rotatable bonds is 1. The highest BCUT2D eigenvalue weighted by Crippen LogP contribution is 2.18. The van der Waals surface area contributed by atoms with Crippen LogP contribution in [0.1, 0.15) is 0 Å². The van der Waals surface area contributed by atoms with Crippen molar-refractivity contribution in [3.05, 3.63) is 36.3 Å². The van der Waals surface area contributed by atoms with Gasteiger partial charge in [0.2, 0.25) is 10.0 Å². The van der Waals surface area contributed by atoms with E-state index in [1.807, 2.05) is 0 Å². The summed E-state index contributed by atoms with van der Waals surface area (Å²) in [4.78, 5) is 0. The topological polar surface area (TPSA) is 39.1 Å². The minimum atomic E-state index is -3.35. The van der Waals surface area contributed by atoms with Gasteiger partial charge in [-0.15, -0.1) is 0 Å². The van der Waals surface area contributed by atoms with E-state index in [2.05, 4.69) is 0 Å². The standard InChI is InChI=1S/C9H8FNO2S/c1-14(12,13)11-5-4-7-2-3-8(10)6-9(7)11/h2-6H,1H3. The third-order valence-electron chi connectivity index (χ3n) is 1.98. The molecule has 0 saturated heterocycles. The van der Waals surface area contributed by atoms with E-state index in [4.69, 9.17) is 0 Å². The molecule has 5 heteroatoms. The normalized spacial score (nSPS) is 12.1. The van der Waals surface area contributed by atoms with Crippen LogP contribution in [-0.4, -0.2) is 18.6 Å². The molecule has 74 valence electrons. The number of nitrogens with zero attached hydrogens (tertiary/aromatic N) is 1. The molecule has 0 amide bonds. The molecule has 2 rings (SSSR count). The smallest absolute Gasteiger partial charge is 0.236 e. The predicted molar refractivity (Wildman–Crippen MR) is 52.1 cm³/mol. The lowest BCUT2D eigenvalue weighted by Gasteiger charge is -2.01. The fourth-order valence-corrected chi connectivity index (χ4v) is 2.16. The number of benzene rings is 1. The van der Waals surface area contributed by atoms with Gasteiger partial charge in [0.1, 0.15) is 5.82 Å². The van der Waals surface area contributed by atoms with Crippen LogP contribution in [0.3, 0.4) is 0 Å². The van der Waals surface area contributed by atoms with Crippen molar-refractivity contribution < 1.29 is 12.8 Å². The van der Waals surface area contributed by atoms with Crippen molar-refractivity contribution in [2.24, 2.45) is 0 Å². The first-order valence-corrected chi connectivity index (χ1v) is 5.80. The Morgan fingerprint density at radius 1 is 1.29 bits per heavy atom. The fourth-order valence-electron chi connectivity index (χ4n) is 1.37. The summed E-state index contributed by atoms with van der Waals surface area (Å²) in [5.74, 6) is -0.443. The minimum absolute atomic E-state index is 0.368. The van der Waals surface area contributed by atoms with Crippen LogP contribution in [0.15, 0.2) is 30.5 Å². The molecule has 0 unspecified atom stereocenters. The molecule has 0 radical (unpaired) electrons. The van der Waals surface area contributed by atoms with Gasteiger partial charge in [-0.1, -0.05) is 0 Å². The third kappa shape index (κ3) is 1.39. The molecule has 2 aromatic rings. The van der Waals surface area contributed by atoms with Crippen LogP contribution in [0.4, 0.5) is 4.39 Å². The van der Waals surface area contributed by atoms with Crippen LogP contribution < -0.4 is 0 Å². The molecule has 0 saturated carbocycles. The van der Waals surface area contributed by atoms with E-state index in [1.54, 1.807) is 12.1 Å². The van der Waals surface area contributed by atoms with E-state index in [0.717, 1.165) is 10.2 Å². The van der Waals surface area contributed by atoms with Gasteiger partial charge < -0.3 is 0 Å². The van der Waals surface area contributed by atoms with Crippen LogP contribution in [0.2, 0.25) is 0 Å². The second kappa shape index (κ2) is 2.81. The zero-order valence-electron chi connectivity index (χ0n) is 7.44. The largest absolute Gasteiger partial charge is 0.245 e. The lowest BCUT2D eigenvalue weighted by Crippen LogP contribution is -2.08. The zero-order valence-corrected chi connectivity index (χ0v) is 8.25. The maximum Gasteiger partial charge on any atom is 0.236 e. The summed E-state index contributed by atoms with van der Waals surface area (Å²) in [6, 6.07) is 5.69. The Balaban J connectivity index is 2.87. The maximum absolute atomic E-state index is 12.9. The Bertz CT molecular complexity index is 586. The van der Waals surface area contributed by atoms with Crippen molar-refractivity contribution >= 4 is 20.9 Å². The third-order valence-corrected chi connectivity index (χ3v) is 3.01. The van der Waals surface area contributed by atoms with Gasteiger partial charge in [0.05, 0.1) is 11.8 Å². The van der Waals surface area contributed by atoms with Crippen molar-refractivity contribution in [2.45, 2.75) is 0 Å². The monoisotopic (exact) mass is 213 g/mol. The van der Waals surface area contributed by atoms with E-state index in [9.17, 15) is 12.8 Å². The molecular formula is C9H8FNO2S. The summed E-state index contributed by atoms with van der Waals surface area (Å²) in [6.07, 6.45) is 2.50. The van der Waals surface area contributed by atoms with Gasteiger partial charge in [-0.25, -0.2) is 16.8 Å². The molecule has 0 fully saturated rings. The number of fused-ring (bicyclic) bond motifs is 1. The summed E-state index contributed by atoms with van der Waals surface area (Å²) >= 11 is 0. The molecule has 1 heterocycles. The highest BCUT2D eigenvalue weighted by molar-refractivity contribution is 7.89. The van der Waals surface area contributed by atoms with Gasteiger partial charge in [0.15, 0.2) is 0 Å². The number of halogens is 1. The summed E-state index contributed by atoms with van der Waals surface area (Å²) < 4.78 is 36.5. The van der Waals surface area contributed by atoms with E-state index in [-0.39, 0.29) is 0 Å². The highest BCUT2D eigenvalue weighted by atomic mass is 32.2. The molecule has 0 bridgehead atoms. The second-order valence-electron chi connectivity index (χ2n) is 3.08. The van der Waals surface area contributed by atoms with E-state index < -0.39 is 15.8 Å². The van der Waals surface area contributed by atoms with Gasteiger partial charge in [-0.2, -0.15) is 0 Å². The van der Waals surface area contributed by atoms with Gasteiger partial charge in [-0.05, 0) is 24.3 Å². The zero-order chi connectivity index (χ0) is 10.3. The minimum Gasteiger partial charge on any atom is -0.245 e. The highest BCUT2D eigenvalue weighted by Gasteiger charge is 2.09. The average Bonchev–Trinajstić information content (AvgIpc) is 2.45. The van der Waals surface area contributed by atoms with Crippen molar-refractivity contribution in [2.75, 3.05) is 6.26 Å². The summed E-state index contributed by atoms with van der Waals surface area (Å²) in [7, 11) is -3.35. The molecule has 0 atom stereocenters. The van der Waals surface area contributed by atoms with Crippen LogP contribution in [0, 0.1) is 5.82 Å². The van der Waals surface area contributed by atoms with Crippen LogP contribution in [-0.2, 0) is 10.0 Å². The molecule has 0 aliphatic carbocycles. The van der Waals surface area contributed by atoms with E-state index in [1.165, 1.54) is 18.3 Å². The Morgan fingerprint density at radius 3 is 2.64 bits per heavy atom. The number of aromatic nitrogens is 1. The Labute approximate surface area is 80.8 Å². The van der Waals surface area contributed by atoms with Gasteiger partial charge in [0, 0.05) is 11.6 Å². The second-order valence-corrected chi connectivity index (χ2v) is 4.94. The van der Waals surface area contributed by atoms with Crippen molar-refractivity contribution in [3.63, 3.8) is 0 Å². The Hall–Kier alpha value is -1.36. The molecule has 14 heavy (non-hydrogen) atoms. The molecule has 0 aliphatic heterocycles. The first-order valence-electron chi connectivity index (χ1n) is 3.95. The van der Waals surface area contributed by atoms with Crippen LogP contribution in [0.25, 0.3) is 10.9 Å². The SMILES string of the molecule is CS(=O)(=O)n1ccc2ccc(F)cc21. The van der Waals surface area contributed by atoms with Gasteiger partial charge >= 0.3 is 0 Å². The average molecular weight is 213 g/mol. The summed E-state index contributed by atoms with van der Waals surface area (Å²) in [6.45, 7) is 0. The van der Waals surface area contributed by atoms with Crippen molar-refractivity contribution in [1.29, 1.82) is 0 Å². The number of hydrogen-bond donors (Lipinski definition) is 0. The van der Waals surface area contributed by atoms with Gasteiger partial charge in [-0.3, -0.25) is 0 Å². The lowest BCUT2D eigenvalue weighted by atomic mass is 10.2. The van der Waals surface area contributed by atoms with Gasteiger partial charge in [0.25, 0.3) is 0 Å². The molecule has 3 nitrogen and oxygen atoms in total.